The van der Waals surface area contributed by atoms with Crippen LogP contribution in [0.15, 0.2) is 54.6 Å². The zero-order valence-electron chi connectivity index (χ0n) is 12.8. The van der Waals surface area contributed by atoms with Gasteiger partial charge in [0.1, 0.15) is 0 Å². The Labute approximate surface area is 127 Å². The first-order chi connectivity index (χ1) is 10.2. The summed E-state index contributed by atoms with van der Waals surface area (Å²) in [5.74, 6) is 0.100. The Bertz CT molecular complexity index is 560. The van der Waals surface area contributed by atoms with Crippen molar-refractivity contribution in [2.24, 2.45) is 0 Å². The van der Waals surface area contributed by atoms with E-state index >= 15 is 0 Å². The molecule has 0 fully saturated rings. The fourth-order valence-corrected chi connectivity index (χ4v) is 2.46. The molecule has 2 nitrogen and oxygen atoms in total. The van der Waals surface area contributed by atoms with Gasteiger partial charge in [0, 0.05) is 6.04 Å². The van der Waals surface area contributed by atoms with Crippen LogP contribution in [0.5, 0.6) is 0 Å². The van der Waals surface area contributed by atoms with Gasteiger partial charge in [0.05, 0.1) is 6.42 Å². The Morgan fingerprint density at radius 1 is 1.00 bits per heavy atom. The molecule has 0 heterocycles. The summed E-state index contributed by atoms with van der Waals surface area (Å²) in [5, 5.41) is 3.04. The second-order valence-electron chi connectivity index (χ2n) is 5.50. The Kier molecular flexibility index (Phi) is 5.56. The summed E-state index contributed by atoms with van der Waals surface area (Å²) >= 11 is 0. The molecule has 0 saturated heterocycles. The first kappa shape index (κ1) is 15.3. The number of benzene rings is 2. The lowest BCUT2D eigenvalue weighted by Crippen LogP contribution is -2.33. The molecule has 2 aromatic rings. The van der Waals surface area contributed by atoms with Crippen molar-refractivity contribution in [1.82, 2.24) is 5.32 Å². The number of amides is 1. The normalized spacial score (nSPS) is 11.9. The highest BCUT2D eigenvalue weighted by Gasteiger charge is 2.07. The molecule has 0 spiro atoms. The molecule has 0 radical (unpaired) electrons. The Morgan fingerprint density at radius 3 is 2.24 bits per heavy atom. The van der Waals surface area contributed by atoms with Crippen molar-refractivity contribution in [3.05, 3.63) is 60.2 Å². The van der Waals surface area contributed by atoms with Crippen LogP contribution in [0.2, 0.25) is 0 Å². The third kappa shape index (κ3) is 4.75. The van der Waals surface area contributed by atoms with Gasteiger partial charge >= 0.3 is 0 Å². The standard InChI is InChI=1S/C19H23NO/c1-3-7-15(2)20-19(21)14-16-10-12-18(13-11-16)17-8-5-4-6-9-17/h4-6,8-13,15H,3,7,14H2,1-2H3,(H,20,21). The minimum atomic E-state index is 0.100. The summed E-state index contributed by atoms with van der Waals surface area (Å²) in [6.07, 6.45) is 2.56. The molecule has 2 heteroatoms. The highest BCUT2D eigenvalue weighted by Crippen LogP contribution is 2.19. The van der Waals surface area contributed by atoms with Crippen molar-refractivity contribution in [3.8, 4) is 11.1 Å². The molecule has 0 aliphatic carbocycles. The number of nitrogens with one attached hydrogen (secondary N) is 1. The van der Waals surface area contributed by atoms with Crippen molar-refractivity contribution < 1.29 is 4.79 Å². The van der Waals surface area contributed by atoms with E-state index in [2.05, 4.69) is 43.4 Å². The number of hydrogen-bond acceptors (Lipinski definition) is 1. The van der Waals surface area contributed by atoms with E-state index in [1.54, 1.807) is 0 Å². The Morgan fingerprint density at radius 2 is 1.62 bits per heavy atom. The van der Waals surface area contributed by atoms with Crippen LogP contribution in [0.25, 0.3) is 11.1 Å². The molecule has 0 bridgehead atoms. The van der Waals surface area contributed by atoms with Crippen LogP contribution in [0.4, 0.5) is 0 Å². The first-order valence-corrected chi connectivity index (χ1v) is 7.62. The summed E-state index contributed by atoms with van der Waals surface area (Å²) in [6, 6.07) is 18.7. The highest BCUT2D eigenvalue weighted by atomic mass is 16.1. The fourth-order valence-electron chi connectivity index (χ4n) is 2.46. The minimum Gasteiger partial charge on any atom is -0.353 e. The van der Waals surface area contributed by atoms with Gasteiger partial charge in [0.25, 0.3) is 0 Å². The van der Waals surface area contributed by atoms with Crippen LogP contribution in [0, 0.1) is 0 Å². The molecule has 21 heavy (non-hydrogen) atoms. The number of rotatable bonds is 6. The van der Waals surface area contributed by atoms with Crippen molar-refractivity contribution >= 4 is 5.91 Å². The predicted octanol–water partition coefficient (Wildman–Crippen LogP) is 4.20. The lowest BCUT2D eigenvalue weighted by atomic mass is 10.0. The summed E-state index contributed by atoms with van der Waals surface area (Å²) in [5.41, 5.74) is 3.43. The molecule has 2 aromatic carbocycles. The zero-order chi connectivity index (χ0) is 15.1. The third-order valence-corrected chi connectivity index (χ3v) is 3.55. The number of carbonyl (C=O) groups is 1. The maximum Gasteiger partial charge on any atom is 0.224 e. The van der Waals surface area contributed by atoms with Gasteiger partial charge in [-0.3, -0.25) is 4.79 Å². The summed E-state index contributed by atoms with van der Waals surface area (Å²) in [6.45, 7) is 4.19. The van der Waals surface area contributed by atoms with Crippen LogP contribution in [-0.4, -0.2) is 11.9 Å². The highest BCUT2D eigenvalue weighted by molar-refractivity contribution is 5.79. The number of carbonyl (C=O) groups excluding carboxylic acids is 1. The van der Waals surface area contributed by atoms with E-state index in [4.69, 9.17) is 0 Å². The molecule has 1 unspecified atom stereocenters. The fraction of sp³-hybridized carbons (Fsp3) is 0.316. The van der Waals surface area contributed by atoms with Crippen LogP contribution < -0.4 is 5.32 Å². The molecule has 0 aliphatic heterocycles. The van der Waals surface area contributed by atoms with E-state index in [1.165, 1.54) is 11.1 Å². The van der Waals surface area contributed by atoms with E-state index in [1.807, 2.05) is 30.3 Å². The van der Waals surface area contributed by atoms with Crippen molar-refractivity contribution in [2.45, 2.75) is 39.2 Å². The summed E-state index contributed by atoms with van der Waals surface area (Å²) in [7, 11) is 0. The maximum atomic E-state index is 11.9. The molecule has 0 aliphatic rings. The van der Waals surface area contributed by atoms with Gasteiger partial charge in [-0.05, 0) is 30.0 Å². The average Bonchev–Trinajstić information content (AvgIpc) is 2.49. The van der Waals surface area contributed by atoms with Crippen molar-refractivity contribution in [1.29, 1.82) is 0 Å². The molecule has 1 N–H and O–H groups in total. The van der Waals surface area contributed by atoms with Crippen LogP contribution in [-0.2, 0) is 11.2 Å². The van der Waals surface area contributed by atoms with Crippen molar-refractivity contribution in [2.75, 3.05) is 0 Å². The van der Waals surface area contributed by atoms with E-state index in [-0.39, 0.29) is 11.9 Å². The Hall–Kier alpha value is -2.09. The molecule has 0 aromatic heterocycles. The number of hydrogen-bond donors (Lipinski definition) is 1. The predicted molar refractivity (Wildman–Crippen MR) is 88.1 cm³/mol. The quantitative estimate of drug-likeness (QED) is 0.844. The van der Waals surface area contributed by atoms with Gasteiger partial charge in [-0.1, -0.05) is 67.9 Å². The SMILES string of the molecule is CCCC(C)NC(=O)Cc1ccc(-c2ccccc2)cc1. The molecule has 2 rings (SSSR count). The first-order valence-electron chi connectivity index (χ1n) is 7.62. The van der Waals surface area contributed by atoms with Gasteiger partial charge in [0.15, 0.2) is 0 Å². The Balaban J connectivity index is 1.95. The molecular formula is C19H23NO. The van der Waals surface area contributed by atoms with E-state index in [0.29, 0.717) is 6.42 Å². The average molecular weight is 281 g/mol. The molecule has 1 amide bonds. The second kappa shape index (κ2) is 7.63. The van der Waals surface area contributed by atoms with Crippen LogP contribution in [0.3, 0.4) is 0 Å². The largest absolute Gasteiger partial charge is 0.353 e. The van der Waals surface area contributed by atoms with Gasteiger partial charge in [-0.25, -0.2) is 0 Å². The molecule has 0 saturated carbocycles. The van der Waals surface area contributed by atoms with Gasteiger partial charge in [-0.15, -0.1) is 0 Å². The van der Waals surface area contributed by atoms with Crippen molar-refractivity contribution in [3.63, 3.8) is 0 Å². The van der Waals surface area contributed by atoms with Crippen LogP contribution in [0.1, 0.15) is 32.3 Å². The van der Waals surface area contributed by atoms with Gasteiger partial charge < -0.3 is 5.32 Å². The summed E-state index contributed by atoms with van der Waals surface area (Å²) in [4.78, 5) is 11.9. The lowest BCUT2D eigenvalue weighted by molar-refractivity contribution is -0.121. The van der Waals surface area contributed by atoms with E-state index in [0.717, 1.165) is 18.4 Å². The minimum absolute atomic E-state index is 0.100. The van der Waals surface area contributed by atoms with E-state index < -0.39 is 0 Å². The maximum absolute atomic E-state index is 11.9. The molecule has 1 atom stereocenters. The zero-order valence-corrected chi connectivity index (χ0v) is 12.8. The van der Waals surface area contributed by atoms with E-state index in [9.17, 15) is 4.79 Å². The van der Waals surface area contributed by atoms with Gasteiger partial charge in [0.2, 0.25) is 5.91 Å². The van der Waals surface area contributed by atoms with Crippen LogP contribution >= 0.6 is 0 Å². The molecule has 110 valence electrons. The summed E-state index contributed by atoms with van der Waals surface area (Å²) < 4.78 is 0. The van der Waals surface area contributed by atoms with Gasteiger partial charge in [-0.2, -0.15) is 0 Å². The smallest absolute Gasteiger partial charge is 0.224 e. The third-order valence-electron chi connectivity index (χ3n) is 3.55. The monoisotopic (exact) mass is 281 g/mol. The topological polar surface area (TPSA) is 29.1 Å². The lowest BCUT2D eigenvalue weighted by Gasteiger charge is -2.12. The second-order valence-corrected chi connectivity index (χ2v) is 5.50. The molecular weight excluding hydrogens is 258 g/mol.